The third kappa shape index (κ3) is 4.18. The predicted octanol–water partition coefficient (Wildman–Crippen LogP) is 2.85. The van der Waals surface area contributed by atoms with Gasteiger partial charge in [0.15, 0.2) is 5.69 Å². The van der Waals surface area contributed by atoms with Crippen molar-refractivity contribution in [1.82, 2.24) is 9.97 Å². The molecule has 6 heteroatoms. The molecule has 0 aliphatic heterocycles. The summed E-state index contributed by atoms with van der Waals surface area (Å²) in [5.74, 6) is 0.166. The van der Waals surface area contributed by atoms with E-state index in [1.807, 2.05) is 24.3 Å². The summed E-state index contributed by atoms with van der Waals surface area (Å²) in [5, 5.41) is 9.00. The van der Waals surface area contributed by atoms with Gasteiger partial charge in [-0.3, -0.25) is 0 Å². The molecular weight excluding hydrogens is 282 g/mol. The van der Waals surface area contributed by atoms with E-state index in [9.17, 15) is 4.79 Å². The Morgan fingerprint density at radius 2 is 1.95 bits per heavy atom. The maximum Gasteiger partial charge on any atom is 0.354 e. The lowest BCUT2D eigenvalue weighted by Gasteiger charge is -2.09. The number of anilines is 1. The topological polar surface area (TPSA) is 98.3 Å². The van der Waals surface area contributed by atoms with Crippen molar-refractivity contribution in [2.45, 2.75) is 20.3 Å². The molecular formula is C16H19N3O3. The molecule has 0 unspecified atom stereocenters. The number of hydrogen-bond acceptors (Lipinski definition) is 5. The average Bonchev–Trinajstić information content (AvgIpc) is 2.47. The lowest BCUT2D eigenvalue weighted by atomic mass is 10.1. The van der Waals surface area contributed by atoms with E-state index in [2.05, 4.69) is 23.8 Å². The first-order valence-electron chi connectivity index (χ1n) is 7.07. The van der Waals surface area contributed by atoms with Crippen LogP contribution in [0.4, 0.5) is 5.95 Å². The van der Waals surface area contributed by atoms with Gasteiger partial charge in [0.2, 0.25) is 5.95 Å². The number of aromatic nitrogens is 2. The Bertz CT molecular complexity index is 654. The molecule has 0 bridgehead atoms. The Kier molecular flexibility index (Phi) is 4.93. The van der Waals surface area contributed by atoms with Crippen molar-refractivity contribution in [3.8, 4) is 17.0 Å². The average molecular weight is 301 g/mol. The number of nitrogens with zero attached hydrogens (tertiary/aromatic N) is 2. The molecule has 1 aromatic carbocycles. The Labute approximate surface area is 129 Å². The lowest BCUT2D eigenvalue weighted by molar-refractivity contribution is 0.0690. The number of carbonyl (C=O) groups is 1. The zero-order chi connectivity index (χ0) is 16.1. The standard InChI is InChI=1S/C16H19N3O3/c1-10(2)7-8-22-12-5-3-11(4-6-12)13-9-14(15(20)21)19-16(17)18-13/h3-6,9-10H,7-8H2,1-2H3,(H,20,21)(H2,17,18,19). The third-order valence-corrected chi connectivity index (χ3v) is 3.08. The number of nitrogens with two attached hydrogens (primary N) is 1. The van der Waals surface area contributed by atoms with E-state index < -0.39 is 5.97 Å². The van der Waals surface area contributed by atoms with Gasteiger partial charge in [0, 0.05) is 5.56 Å². The second-order valence-electron chi connectivity index (χ2n) is 5.36. The molecule has 6 nitrogen and oxygen atoms in total. The number of hydrogen-bond donors (Lipinski definition) is 2. The molecule has 0 spiro atoms. The summed E-state index contributed by atoms with van der Waals surface area (Å²) in [6, 6.07) is 8.69. The van der Waals surface area contributed by atoms with Crippen molar-refractivity contribution >= 4 is 11.9 Å². The van der Waals surface area contributed by atoms with E-state index in [0.29, 0.717) is 18.2 Å². The summed E-state index contributed by atoms with van der Waals surface area (Å²) in [6.45, 7) is 4.96. The summed E-state index contributed by atoms with van der Waals surface area (Å²) in [4.78, 5) is 18.7. The zero-order valence-corrected chi connectivity index (χ0v) is 12.6. The van der Waals surface area contributed by atoms with Gasteiger partial charge in [-0.15, -0.1) is 0 Å². The Balaban J connectivity index is 2.15. The quantitative estimate of drug-likeness (QED) is 0.851. The van der Waals surface area contributed by atoms with Gasteiger partial charge >= 0.3 is 5.97 Å². The van der Waals surface area contributed by atoms with E-state index in [4.69, 9.17) is 15.6 Å². The second-order valence-corrected chi connectivity index (χ2v) is 5.36. The maximum absolute atomic E-state index is 11.0. The fourth-order valence-electron chi connectivity index (χ4n) is 1.86. The monoisotopic (exact) mass is 301 g/mol. The van der Waals surface area contributed by atoms with Gasteiger partial charge in [0.05, 0.1) is 12.3 Å². The minimum atomic E-state index is -1.14. The molecule has 2 rings (SSSR count). The van der Waals surface area contributed by atoms with Crippen LogP contribution < -0.4 is 10.5 Å². The molecule has 0 aliphatic rings. The number of rotatable bonds is 6. The maximum atomic E-state index is 11.0. The van der Waals surface area contributed by atoms with Gasteiger partial charge < -0.3 is 15.6 Å². The van der Waals surface area contributed by atoms with Crippen LogP contribution in [0.25, 0.3) is 11.3 Å². The van der Waals surface area contributed by atoms with E-state index >= 15 is 0 Å². The SMILES string of the molecule is CC(C)CCOc1ccc(-c2cc(C(=O)O)nc(N)n2)cc1. The van der Waals surface area contributed by atoms with E-state index in [1.165, 1.54) is 6.07 Å². The van der Waals surface area contributed by atoms with Crippen LogP contribution in [0.15, 0.2) is 30.3 Å². The summed E-state index contributed by atoms with van der Waals surface area (Å²) in [7, 11) is 0. The van der Waals surface area contributed by atoms with Crippen LogP contribution in [0.1, 0.15) is 30.8 Å². The van der Waals surface area contributed by atoms with E-state index in [0.717, 1.165) is 17.7 Å². The molecule has 1 aromatic heterocycles. The van der Waals surface area contributed by atoms with Crippen molar-refractivity contribution < 1.29 is 14.6 Å². The second kappa shape index (κ2) is 6.89. The fourth-order valence-corrected chi connectivity index (χ4v) is 1.86. The number of ether oxygens (including phenoxy) is 1. The summed E-state index contributed by atoms with van der Waals surface area (Å²) < 4.78 is 5.64. The number of benzene rings is 1. The number of carboxylic acid groups (broad SMARTS) is 1. The van der Waals surface area contributed by atoms with Gasteiger partial charge in [0.25, 0.3) is 0 Å². The van der Waals surface area contributed by atoms with Crippen LogP contribution in [0.3, 0.4) is 0 Å². The number of carboxylic acids is 1. The van der Waals surface area contributed by atoms with Crippen molar-refractivity contribution in [2.75, 3.05) is 12.3 Å². The highest BCUT2D eigenvalue weighted by Crippen LogP contribution is 2.22. The van der Waals surface area contributed by atoms with Crippen molar-refractivity contribution in [3.05, 3.63) is 36.0 Å². The molecule has 22 heavy (non-hydrogen) atoms. The molecule has 1 heterocycles. The molecule has 0 aliphatic carbocycles. The minimum absolute atomic E-state index is 0.0628. The van der Waals surface area contributed by atoms with Gasteiger partial charge in [-0.1, -0.05) is 13.8 Å². The van der Waals surface area contributed by atoms with E-state index in [1.54, 1.807) is 0 Å². The van der Waals surface area contributed by atoms with Gasteiger partial charge in [-0.05, 0) is 42.7 Å². The largest absolute Gasteiger partial charge is 0.494 e. The van der Waals surface area contributed by atoms with Gasteiger partial charge in [0.1, 0.15) is 5.75 Å². The zero-order valence-electron chi connectivity index (χ0n) is 12.6. The molecule has 0 saturated carbocycles. The van der Waals surface area contributed by atoms with Crippen LogP contribution in [-0.4, -0.2) is 27.7 Å². The smallest absolute Gasteiger partial charge is 0.354 e. The van der Waals surface area contributed by atoms with Gasteiger partial charge in [-0.2, -0.15) is 0 Å². The van der Waals surface area contributed by atoms with Crippen molar-refractivity contribution in [3.63, 3.8) is 0 Å². The van der Waals surface area contributed by atoms with Crippen LogP contribution in [0.5, 0.6) is 5.75 Å². The molecule has 0 atom stereocenters. The Morgan fingerprint density at radius 3 is 2.55 bits per heavy atom. The van der Waals surface area contributed by atoms with Crippen molar-refractivity contribution in [1.29, 1.82) is 0 Å². The normalized spacial score (nSPS) is 10.7. The molecule has 0 amide bonds. The van der Waals surface area contributed by atoms with E-state index in [-0.39, 0.29) is 11.6 Å². The molecule has 0 fully saturated rings. The molecule has 116 valence electrons. The highest BCUT2D eigenvalue weighted by molar-refractivity contribution is 5.87. The first-order valence-corrected chi connectivity index (χ1v) is 7.07. The van der Waals surface area contributed by atoms with Crippen molar-refractivity contribution in [2.24, 2.45) is 5.92 Å². The fraction of sp³-hybridized carbons (Fsp3) is 0.312. The molecule has 0 radical (unpaired) electrons. The first kappa shape index (κ1) is 15.8. The molecule has 2 aromatic rings. The molecule has 0 saturated heterocycles. The Morgan fingerprint density at radius 1 is 1.27 bits per heavy atom. The highest BCUT2D eigenvalue weighted by Gasteiger charge is 2.10. The summed E-state index contributed by atoms with van der Waals surface area (Å²) in [6.07, 6.45) is 0.992. The number of nitrogen functional groups attached to an aromatic ring is 1. The molecule has 3 N–H and O–H groups in total. The number of aromatic carboxylic acids is 1. The van der Waals surface area contributed by atoms with Crippen LogP contribution in [-0.2, 0) is 0 Å². The Hall–Kier alpha value is -2.63. The minimum Gasteiger partial charge on any atom is -0.494 e. The van der Waals surface area contributed by atoms with Crippen LogP contribution >= 0.6 is 0 Å². The predicted molar refractivity (Wildman–Crippen MR) is 83.8 cm³/mol. The first-order chi connectivity index (χ1) is 10.5. The third-order valence-electron chi connectivity index (χ3n) is 3.08. The summed E-state index contributed by atoms with van der Waals surface area (Å²) >= 11 is 0. The summed E-state index contributed by atoms with van der Waals surface area (Å²) in [5.41, 5.74) is 6.65. The highest BCUT2D eigenvalue weighted by atomic mass is 16.5. The van der Waals surface area contributed by atoms with Crippen LogP contribution in [0, 0.1) is 5.92 Å². The van der Waals surface area contributed by atoms with Crippen LogP contribution in [0.2, 0.25) is 0 Å². The van der Waals surface area contributed by atoms with Gasteiger partial charge in [-0.25, -0.2) is 14.8 Å². The lowest BCUT2D eigenvalue weighted by Crippen LogP contribution is -2.06.